The van der Waals surface area contributed by atoms with Crippen molar-refractivity contribution in [3.8, 4) is 0 Å². The van der Waals surface area contributed by atoms with Gasteiger partial charge in [-0.1, -0.05) is 0 Å². The van der Waals surface area contributed by atoms with E-state index in [9.17, 15) is 18.4 Å². The lowest BCUT2D eigenvalue weighted by Crippen LogP contribution is -2.46. The van der Waals surface area contributed by atoms with Gasteiger partial charge in [0.2, 0.25) is 0 Å². The molecule has 1 aromatic rings. The average molecular weight is 426 g/mol. The molecule has 0 spiro atoms. The van der Waals surface area contributed by atoms with Crippen molar-refractivity contribution in [2.45, 2.75) is 63.5 Å². The van der Waals surface area contributed by atoms with Crippen LogP contribution in [0.3, 0.4) is 0 Å². The van der Waals surface area contributed by atoms with Crippen molar-refractivity contribution in [3.05, 3.63) is 34.2 Å². The van der Waals surface area contributed by atoms with Gasteiger partial charge in [-0.25, -0.2) is 8.78 Å². The van der Waals surface area contributed by atoms with E-state index in [2.05, 4.69) is 16.1 Å². The molecule has 1 amide bonds. The summed E-state index contributed by atoms with van der Waals surface area (Å²) < 4.78 is 26.9. The first-order chi connectivity index (χ1) is 14.5. The first-order valence-corrected chi connectivity index (χ1v) is 10.5. The Labute approximate surface area is 172 Å². The molecule has 0 radical (unpaired) electrons. The Balaban J connectivity index is 1.34. The number of amides is 1. The zero-order valence-corrected chi connectivity index (χ0v) is 16.6. The Morgan fingerprint density at radius 3 is 2.80 bits per heavy atom. The average Bonchev–Trinajstić information content (AvgIpc) is 3.37. The van der Waals surface area contributed by atoms with Crippen LogP contribution >= 0.6 is 0 Å². The first kappa shape index (κ1) is 21.4. The third-order valence-corrected chi connectivity index (χ3v) is 6.72. The van der Waals surface area contributed by atoms with Gasteiger partial charge in [0.1, 0.15) is 0 Å². The molecule has 2 aliphatic carbocycles. The summed E-state index contributed by atoms with van der Waals surface area (Å²) in [5.41, 5.74) is 2.86. The number of nitrogens with one attached hydrogen (secondary N) is 3. The van der Waals surface area contributed by atoms with E-state index < -0.39 is 12.7 Å². The third kappa shape index (κ3) is 4.41. The number of carbonyl (C=O) groups is 1. The Bertz CT molecular complexity index is 820. The van der Waals surface area contributed by atoms with Crippen LogP contribution in [0.1, 0.15) is 42.5 Å². The largest absolute Gasteiger partial charge is 0.395 e. The molecule has 1 aliphatic heterocycles. The van der Waals surface area contributed by atoms with Gasteiger partial charge < -0.3 is 15.0 Å². The normalized spacial score (nSPS) is 33.6. The van der Waals surface area contributed by atoms with Gasteiger partial charge in [-0.3, -0.25) is 19.7 Å². The highest BCUT2D eigenvalue weighted by Gasteiger charge is 2.44. The number of halogens is 2. The standard InChI is InChI=1S/C20H28F2N4O4/c21-17(22)20-24-18(25-30-20)12-1-4-14-11(9-12)2-5-15(14)23-19(29)13-3-6-16(28)26(10-13)7-8-27/h3,6,10-12,14-15,17-18,20,24-25,27H,1-2,4-5,7-9H2,(H,23,29)/t11?,12?,14?,15-,18?,20?/m1/s1. The van der Waals surface area contributed by atoms with Gasteiger partial charge in [0, 0.05) is 24.8 Å². The highest BCUT2D eigenvalue weighted by atomic mass is 19.3. The molecule has 0 aromatic carbocycles. The van der Waals surface area contributed by atoms with Crippen molar-refractivity contribution in [3.63, 3.8) is 0 Å². The number of carbonyl (C=O) groups excluding carboxylic acids is 1. The number of pyridine rings is 1. The number of hydrogen-bond acceptors (Lipinski definition) is 6. The van der Waals surface area contributed by atoms with E-state index in [1.165, 1.54) is 22.9 Å². The summed E-state index contributed by atoms with van der Waals surface area (Å²) in [6, 6.07) is 2.91. The van der Waals surface area contributed by atoms with Gasteiger partial charge in [-0.05, 0) is 55.9 Å². The highest BCUT2D eigenvalue weighted by Crippen LogP contribution is 2.45. The Kier molecular flexibility index (Phi) is 6.47. The molecule has 30 heavy (non-hydrogen) atoms. The summed E-state index contributed by atoms with van der Waals surface area (Å²) in [5, 5.41) is 15.0. The molecule has 10 heteroatoms. The highest BCUT2D eigenvalue weighted by molar-refractivity contribution is 5.94. The topological polar surface area (TPSA) is 105 Å². The fraction of sp³-hybridized carbons (Fsp3) is 0.700. The smallest absolute Gasteiger partial charge is 0.279 e. The van der Waals surface area contributed by atoms with Crippen LogP contribution in [-0.4, -0.2) is 47.0 Å². The van der Waals surface area contributed by atoms with Crippen molar-refractivity contribution in [1.82, 2.24) is 20.7 Å². The summed E-state index contributed by atoms with van der Waals surface area (Å²) in [6.07, 6.45) is 1.94. The molecular weight excluding hydrogens is 398 g/mol. The van der Waals surface area contributed by atoms with Crippen LogP contribution < -0.4 is 21.7 Å². The lowest BCUT2D eigenvalue weighted by Gasteiger charge is -2.36. The minimum atomic E-state index is -2.57. The van der Waals surface area contributed by atoms with E-state index in [-0.39, 0.29) is 42.7 Å². The summed E-state index contributed by atoms with van der Waals surface area (Å²) >= 11 is 0. The number of rotatable bonds is 6. The first-order valence-electron chi connectivity index (χ1n) is 10.5. The summed E-state index contributed by atoms with van der Waals surface area (Å²) in [6.45, 7) is -0.0266. The number of hydrogen-bond donors (Lipinski definition) is 4. The zero-order chi connectivity index (χ0) is 21.3. The van der Waals surface area contributed by atoms with Crippen LogP contribution in [-0.2, 0) is 11.4 Å². The molecule has 3 aliphatic rings. The van der Waals surface area contributed by atoms with Crippen molar-refractivity contribution in [1.29, 1.82) is 0 Å². The van der Waals surface area contributed by atoms with Crippen molar-refractivity contribution >= 4 is 5.91 Å². The van der Waals surface area contributed by atoms with Crippen molar-refractivity contribution in [2.75, 3.05) is 6.61 Å². The number of aliphatic hydroxyl groups excluding tert-OH is 1. The van der Waals surface area contributed by atoms with Crippen LogP contribution in [0.4, 0.5) is 8.78 Å². The minimum Gasteiger partial charge on any atom is -0.395 e. The second kappa shape index (κ2) is 9.09. The molecule has 0 bridgehead atoms. The Morgan fingerprint density at radius 2 is 2.07 bits per heavy atom. The molecule has 6 atom stereocenters. The second-order valence-electron chi connectivity index (χ2n) is 8.46. The molecular formula is C20H28F2N4O4. The molecule has 8 nitrogen and oxygen atoms in total. The minimum absolute atomic E-state index is 0.0660. The van der Waals surface area contributed by atoms with Gasteiger partial charge in [0.15, 0.2) is 6.23 Å². The monoisotopic (exact) mass is 426 g/mol. The zero-order valence-electron chi connectivity index (χ0n) is 16.6. The quantitative estimate of drug-likeness (QED) is 0.537. The van der Waals surface area contributed by atoms with E-state index in [0.29, 0.717) is 17.4 Å². The second-order valence-corrected chi connectivity index (χ2v) is 8.46. The third-order valence-electron chi connectivity index (χ3n) is 6.72. The van der Waals surface area contributed by atoms with Crippen LogP contribution in [0.25, 0.3) is 0 Å². The molecule has 1 aromatic heterocycles. The van der Waals surface area contributed by atoms with E-state index >= 15 is 0 Å². The maximum atomic E-state index is 12.8. The summed E-state index contributed by atoms with van der Waals surface area (Å²) in [5.74, 6) is 0.793. The van der Waals surface area contributed by atoms with Gasteiger partial charge >= 0.3 is 0 Å². The number of hydroxylamine groups is 1. The van der Waals surface area contributed by atoms with E-state index in [0.717, 1.165) is 32.1 Å². The SMILES string of the molecule is O=C(N[C@@H]1CCC2CC(C3NOC(C(F)F)N3)CCC21)c1ccc(=O)n(CCO)c1. The molecule has 1 saturated heterocycles. The maximum absolute atomic E-state index is 12.8. The number of aromatic nitrogens is 1. The molecule has 4 rings (SSSR count). The van der Waals surface area contributed by atoms with Gasteiger partial charge in [-0.15, -0.1) is 0 Å². The molecule has 5 unspecified atom stereocenters. The predicted octanol–water partition coefficient (Wildman–Crippen LogP) is 0.807. The van der Waals surface area contributed by atoms with E-state index in [4.69, 9.17) is 9.94 Å². The number of fused-ring (bicyclic) bond motifs is 1. The van der Waals surface area contributed by atoms with Gasteiger partial charge in [-0.2, -0.15) is 5.48 Å². The van der Waals surface area contributed by atoms with Crippen molar-refractivity contribution in [2.24, 2.45) is 17.8 Å². The number of aliphatic hydroxyl groups is 1. The molecule has 3 fully saturated rings. The van der Waals surface area contributed by atoms with Gasteiger partial charge in [0.25, 0.3) is 17.9 Å². The molecule has 166 valence electrons. The molecule has 2 heterocycles. The van der Waals surface area contributed by atoms with Crippen LogP contribution in [0.5, 0.6) is 0 Å². The fourth-order valence-electron chi connectivity index (χ4n) is 5.22. The predicted molar refractivity (Wildman–Crippen MR) is 104 cm³/mol. The van der Waals surface area contributed by atoms with E-state index in [1.807, 2.05) is 0 Å². The lowest BCUT2D eigenvalue weighted by molar-refractivity contribution is -0.0688. The molecule has 4 N–H and O–H groups in total. The Morgan fingerprint density at radius 1 is 1.27 bits per heavy atom. The summed E-state index contributed by atoms with van der Waals surface area (Å²) in [4.78, 5) is 29.4. The Hall–Kier alpha value is -1.88. The van der Waals surface area contributed by atoms with Crippen molar-refractivity contribution < 1.29 is 23.5 Å². The lowest BCUT2D eigenvalue weighted by atomic mass is 9.74. The van der Waals surface area contributed by atoms with Gasteiger partial charge in [0.05, 0.1) is 18.3 Å². The summed E-state index contributed by atoms with van der Waals surface area (Å²) in [7, 11) is 0. The maximum Gasteiger partial charge on any atom is 0.279 e. The van der Waals surface area contributed by atoms with Crippen LogP contribution in [0.2, 0.25) is 0 Å². The van der Waals surface area contributed by atoms with Crippen LogP contribution in [0, 0.1) is 17.8 Å². The van der Waals surface area contributed by atoms with E-state index in [1.54, 1.807) is 0 Å². The number of alkyl halides is 2. The molecule has 2 saturated carbocycles. The fourth-order valence-corrected chi connectivity index (χ4v) is 5.22. The number of nitrogens with zero attached hydrogens (tertiary/aromatic N) is 1. The van der Waals surface area contributed by atoms with Crippen LogP contribution in [0.15, 0.2) is 23.1 Å².